The first kappa shape index (κ1) is 17.5. The van der Waals surface area contributed by atoms with Gasteiger partial charge in [-0.3, -0.25) is 9.59 Å². The second kappa shape index (κ2) is 8.21. The summed E-state index contributed by atoms with van der Waals surface area (Å²) in [7, 11) is 0. The molecule has 1 aliphatic rings. The van der Waals surface area contributed by atoms with Crippen molar-refractivity contribution in [1.82, 2.24) is 4.90 Å². The van der Waals surface area contributed by atoms with Crippen LogP contribution in [0.4, 0.5) is 5.69 Å². The number of thioether (sulfide) groups is 1. The van der Waals surface area contributed by atoms with Gasteiger partial charge in [0.05, 0.1) is 16.5 Å². The fourth-order valence-electron chi connectivity index (χ4n) is 2.86. The predicted molar refractivity (Wildman–Crippen MR) is 102 cm³/mol. The maximum Gasteiger partial charge on any atom is 0.255 e. The van der Waals surface area contributed by atoms with Gasteiger partial charge >= 0.3 is 0 Å². The molecule has 0 aliphatic carbocycles. The minimum Gasteiger partial charge on any atom is -0.339 e. The van der Waals surface area contributed by atoms with Gasteiger partial charge in [-0.1, -0.05) is 30.3 Å². The van der Waals surface area contributed by atoms with Crippen molar-refractivity contribution in [3.8, 4) is 0 Å². The number of carbonyl (C=O) groups excluding carboxylic acids is 2. The van der Waals surface area contributed by atoms with Crippen LogP contribution in [0.1, 0.15) is 30.1 Å². The number of amides is 2. The summed E-state index contributed by atoms with van der Waals surface area (Å²) < 4.78 is 0. The van der Waals surface area contributed by atoms with Crippen LogP contribution in [0.15, 0.2) is 59.5 Å². The zero-order chi connectivity index (χ0) is 17.6. The highest BCUT2D eigenvalue weighted by Crippen LogP contribution is 2.25. The molecule has 5 heteroatoms. The van der Waals surface area contributed by atoms with Crippen LogP contribution in [0, 0.1) is 0 Å². The third kappa shape index (κ3) is 4.42. The van der Waals surface area contributed by atoms with Gasteiger partial charge in [0.25, 0.3) is 5.91 Å². The van der Waals surface area contributed by atoms with E-state index in [-0.39, 0.29) is 17.1 Å². The molecule has 1 heterocycles. The van der Waals surface area contributed by atoms with Crippen LogP contribution in [0.25, 0.3) is 0 Å². The van der Waals surface area contributed by atoms with Crippen LogP contribution in [-0.2, 0) is 4.79 Å². The Morgan fingerprint density at radius 2 is 1.64 bits per heavy atom. The lowest BCUT2D eigenvalue weighted by atomic mass is 10.1. The zero-order valence-corrected chi connectivity index (χ0v) is 15.1. The highest BCUT2D eigenvalue weighted by Gasteiger charge is 2.23. The van der Waals surface area contributed by atoms with E-state index in [9.17, 15) is 9.59 Å². The fourth-order valence-corrected chi connectivity index (χ4v) is 3.75. The van der Waals surface area contributed by atoms with Crippen LogP contribution in [-0.4, -0.2) is 35.1 Å². The summed E-state index contributed by atoms with van der Waals surface area (Å²) in [4.78, 5) is 28.1. The minimum absolute atomic E-state index is 0.00299. The summed E-state index contributed by atoms with van der Waals surface area (Å²) in [6.07, 6.45) is 2.09. The first-order valence-corrected chi connectivity index (χ1v) is 9.44. The Bertz CT molecular complexity index is 742. The molecule has 2 amide bonds. The lowest BCUT2D eigenvalue weighted by Gasteiger charge is -2.19. The number of nitrogens with one attached hydrogen (secondary N) is 1. The summed E-state index contributed by atoms with van der Waals surface area (Å²) in [6.45, 7) is 3.46. The summed E-state index contributed by atoms with van der Waals surface area (Å²) in [6, 6.07) is 17.1. The van der Waals surface area contributed by atoms with Gasteiger partial charge in [0.15, 0.2) is 0 Å². The van der Waals surface area contributed by atoms with Crippen LogP contribution in [0.3, 0.4) is 0 Å². The normalized spacial score (nSPS) is 15.0. The first-order chi connectivity index (χ1) is 12.1. The van der Waals surface area contributed by atoms with E-state index in [1.54, 1.807) is 12.1 Å². The summed E-state index contributed by atoms with van der Waals surface area (Å²) in [5.74, 6) is -0.104. The van der Waals surface area contributed by atoms with Crippen LogP contribution < -0.4 is 5.32 Å². The first-order valence-electron chi connectivity index (χ1n) is 8.56. The maximum absolute atomic E-state index is 12.7. The SMILES string of the molecule is C[C@@H](Sc1ccccc1)C(=O)Nc1ccccc1C(=O)N1CCCC1. The molecular formula is C20H22N2O2S. The second-order valence-electron chi connectivity index (χ2n) is 6.11. The standard InChI is InChI=1S/C20H22N2O2S/c1-15(25-16-9-3-2-4-10-16)19(23)21-18-12-6-5-11-17(18)20(24)22-13-7-8-14-22/h2-6,9-12,15H,7-8,13-14H2,1H3,(H,21,23)/t15-/m1/s1. The van der Waals surface area contributed by atoms with Gasteiger partial charge in [0.2, 0.25) is 5.91 Å². The Balaban J connectivity index is 1.69. The lowest BCUT2D eigenvalue weighted by Crippen LogP contribution is -2.29. The number of benzene rings is 2. The van der Waals surface area contributed by atoms with Crippen LogP contribution in [0.5, 0.6) is 0 Å². The molecule has 0 unspecified atom stereocenters. The van der Waals surface area contributed by atoms with Crippen molar-refractivity contribution in [2.75, 3.05) is 18.4 Å². The minimum atomic E-state index is -0.252. The molecule has 25 heavy (non-hydrogen) atoms. The number of likely N-dealkylation sites (tertiary alicyclic amines) is 1. The van der Waals surface area contributed by atoms with Crippen LogP contribution in [0.2, 0.25) is 0 Å². The van der Waals surface area contributed by atoms with Crippen molar-refractivity contribution in [2.45, 2.75) is 29.9 Å². The third-order valence-electron chi connectivity index (χ3n) is 4.23. The van der Waals surface area contributed by atoms with Crippen LogP contribution >= 0.6 is 11.8 Å². The van der Waals surface area contributed by atoms with E-state index in [4.69, 9.17) is 0 Å². The highest BCUT2D eigenvalue weighted by atomic mass is 32.2. The number of hydrogen-bond acceptors (Lipinski definition) is 3. The zero-order valence-electron chi connectivity index (χ0n) is 14.3. The fraction of sp³-hybridized carbons (Fsp3) is 0.300. The quantitative estimate of drug-likeness (QED) is 0.825. The van der Waals surface area contributed by atoms with Gasteiger partial charge in [0, 0.05) is 18.0 Å². The molecule has 0 bridgehead atoms. The number of nitrogens with zero attached hydrogens (tertiary/aromatic N) is 1. The van der Waals surface area contributed by atoms with E-state index in [0.717, 1.165) is 30.8 Å². The van der Waals surface area contributed by atoms with E-state index in [0.29, 0.717) is 11.3 Å². The number of carbonyl (C=O) groups is 2. The molecule has 4 nitrogen and oxygen atoms in total. The smallest absolute Gasteiger partial charge is 0.255 e. The number of anilines is 1. The lowest BCUT2D eigenvalue weighted by molar-refractivity contribution is -0.115. The van der Waals surface area contributed by atoms with Crippen molar-refractivity contribution < 1.29 is 9.59 Å². The molecule has 1 aliphatic heterocycles. The number of rotatable bonds is 5. The molecule has 1 saturated heterocycles. The molecule has 1 atom stereocenters. The molecule has 0 saturated carbocycles. The third-order valence-corrected chi connectivity index (χ3v) is 5.35. The van der Waals surface area contributed by atoms with Crippen molar-refractivity contribution >= 4 is 29.3 Å². The molecule has 1 fully saturated rings. The maximum atomic E-state index is 12.7. The van der Waals surface area contributed by atoms with E-state index in [1.165, 1.54) is 11.8 Å². The monoisotopic (exact) mass is 354 g/mol. The average molecular weight is 354 g/mol. The van der Waals surface area contributed by atoms with E-state index < -0.39 is 0 Å². The van der Waals surface area contributed by atoms with Crippen molar-refractivity contribution in [3.63, 3.8) is 0 Å². The van der Waals surface area contributed by atoms with Crippen molar-refractivity contribution in [3.05, 3.63) is 60.2 Å². The topological polar surface area (TPSA) is 49.4 Å². The summed E-state index contributed by atoms with van der Waals surface area (Å²) in [5, 5.41) is 2.68. The Hall–Kier alpha value is -2.27. The Kier molecular flexibility index (Phi) is 5.76. The average Bonchev–Trinajstić information content (AvgIpc) is 3.17. The van der Waals surface area contributed by atoms with Gasteiger partial charge in [0.1, 0.15) is 0 Å². The molecule has 1 N–H and O–H groups in total. The van der Waals surface area contributed by atoms with Gasteiger partial charge in [-0.15, -0.1) is 11.8 Å². The largest absolute Gasteiger partial charge is 0.339 e. The second-order valence-corrected chi connectivity index (χ2v) is 7.52. The summed E-state index contributed by atoms with van der Waals surface area (Å²) >= 11 is 1.50. The molecular weight excluding hydrogens is 332 g/mol. The Morgan fingerprint density at radius 1 is 1.00 bits per heavy atom. The molecule has 130 valence electrons. The number of hydrogen-bond donors (Lipinski definition) is 1. The van der Waals surface area contributed by atoms with E-state index in [1.807, 2.05) is 54.3 Å². The van der Waals surface area contributed by atoms with E-state index >= 15 is 0 Å². The van der Waals surface area contributed by atoms with Gasteiger partial charge in [-0.05, 0) is 44.0 Å². The highest BCUT2D eigenvalue weighted by molar-refractivity contribution is 8.00. The molecule has 2 aromatic carbocycles. The van der Waals surface area contributed by atoms with Crippen molar-refractivity contribution in [1.29, 1.82) is 0 Å². The predicted octanol–water partition coefficient (Wildman–Crippen LogP) is 4.04. The number of para-hydroxylation sites is 1. The van der Waals surface area contributed by atoms with Crippen molar-refractivity contribution in [2.24, 2.45) is 0 Å². The summed E-state index contributed by atoms with van der Waals surface area (Å²) in [5.41, 5.74) is 1.15. The van der Waals surface area contributed by atoms with Gasteiger partial charge in [-0.25, -0.2) is 0 Å². The van der Waals surface area contributed by atoms with Gasteiger partial charge < -0.3 is 10.2 Å². The Labute approximate surface area is 152 Å². The molecule has 0 radical (unpaired) electrons. The molecule has 0 spiro atoms. The Morgan fingerprint density at radius 3 is 2.36 bits per heavy atom. The molecule has 2 aromatic rings. The molecule has 3 rings (SSSR count). The molecule has 0 aromatic heterocycles. The van der Waals surface area contributed by atoms with Gasteiger partial charge in [-0.2, -0.15) is 0 Å². The van der Waals surface area contributed by atoms with E-state index in [2.05, 4.69) is 5.32 Å².